The minimum absolute atomic E-state index is 0.0636. The van der Waals surface area contributed by atoms with Gasteiger partial charge in [0.2, 0.25) is 0 Å². The molecule has 0 aromatic heterocycles. The first kappa shape index (κ1) is 11.9. The van der Waals surface area contributed by atoms with Crippen LogP contribution in [0.15, 0.2) is 0 Å². The topological polar surface area (TPSA) is 60.6 Å². The zero-order valence-electron chi connectivity index (χ0n) is 10.2. The molecule has 4 fully saturated rings. The van der Waals surface area contributed by atoms with Crippen LogP contribution in [0.1, 0.15) is 38.5 Å². The molecule has 6 atom stereocenters. The van der Waals surface area contributed by atoms with Gasteiger partial charge >= 0.3 is 8.25 Å². The van der Waals surface area contributed by atoms with Crippen LogP contribution in [0.25, 0.3) is 0 Å². The first-order valence-corrected chi connectivity index (χ1v) is 8.18. The molecule has 4 aliphatic rings. The summed E-state index contributed by atoms with van der Waals surface area (Å²) < 4.78 is 33.8. The number of hydrogen-bond donors (Lipinski definition) is 0. The maximum atomic E-state index is 11.9. The summed E-state index contributed by atoms with van der Waals surface area (Å²) >= 11 is 0. The Morgan fingerprint density at radius 2 is 1.28 bits per heavy atom. The van der Waals surface area contributed by atoms with Crippen LogP contribution in [0.2, 0.25) is 0 Å². The van der Waals surface area contributed by atoms with Gasteiger partial charge in [-0.2, -0.15) is 0 Å². The van der Waals surface area contributed by atoms with Crippen LogP contribution in [0.5, 0.6) is 0 Å². The number of epoxide rings is 2. The first-order chi connectivity index (χ1) is 8.78. The standard InChI is InChI=1S/C12H19O5P/c13-18(16-7-1-3-9-11(5-7)14-9)17-8-2-4-10-12(6-8)15-10/h7-12,18H,1-6H2. The van der Waals surface area contributed by atoms with Crippen molar-refractivity contribution < 1.29 is 23.1 Å². The third-order valence-corrected chi connectivity index (χ3v) is 5.49. The summed E-state index contributed by atoms with van der Waals surface area (Å²) in [5, 5.41) is 0. The Hall–Kier alpha value is 0.0700. The molecule has 102 valence electrons. The maximum absolute atomic E-state index is 11.9. The van der Waals surface area contributed by atoms with Crippen molar-refractivity contribution in [1.29, 1.82) is 0 Å². The third kappa shape index (κ3) is 2.52. The fraction of sp³-hybridized carbons (Fsp3) is 1.00. The van der Waals surface area contributed by atoms with Crippen molar-refractivity contribution in [2.24, 2.45) is 0 Å². The van der Waals surface area contributed by atoms with Gasteiger partial charge in [-0.1, -0.05) is 0 Å². The highest BCUT2D eigenvalue weighted by Gasteiger charge is 2.46. The second kappa shape index (κ2) is 4.57. The van der Waals surface area contributed by atoms with Crippen LogP contribution >= 0.6 is 8.25 Å². The van der Waals surface area contributed by atoms with Crippen LogP contribution in [0.3, 0.4) is 0 Å². The molecule has 0 bridgehead atoms. The summed E-state index contributed by atoms with van der Waals surface area (Å²) in [5.41, 5.74) is 0. The van der Waals surface area contributed by atoms with E-state index in [1.807, 2.05) is 0 Å². The van der Waals surface area contributed by atoms with Gasteiger partial charge in [-0.15, -0.1) is 0 Å². The molecule has 2 aliphatic carbocycles. The number of fused-ring (bicyclic) bond motifs is 2. The van der Waals surface area contributed by atoms with Gasteiger partial charge < -0.3 is 18.5 Å². The Bertz CT molecular complexity index is 330. The maximum Gasteiger partial charge on any atom is 0.319 e. The lowest BCUT2D eigenvalue weighted by atomic mass is 9.98. The van der Waals surface area contributed by atoms with Crippen molar-refractivity contribution in [1.82, 2.24) is 0 Å². The molecule has 6 heteroatoms. The summed E-state index contributed by atoms with van der Waals surface area (Å²) in [4.78, 5) is 0. The third-order valence-electron chi connectivity index (χ3n) is 4.44. The largest absolute Gasteiger partial charge is 0.369 e. The summed E-state index contributed by atoms with van der Waals surface area (Å²) in [7, 11) is -2.36. The molecule has 0 aromatic carbocycles. The first-order valence-electron chi connectivity index (χ1n) is 6.96. The lowest BCUT2D eigenvalue weighted by molar-refractivity contribution is 0.0996. The molecular weight excluding hydrogens is 255 g/mol. The fourth-order valence-electron chi connectivity index (χ4n) is 3.25. The SMILES string of the molecule is O=[PH](OC1CCC2OC2C1)OC1CCC2OC2C1. The molecule has 6 unspecified atom stereocenters. The van der Waals surface area contributed by atoms with Gasteiger partial charge in [0, 0.05) is 12.8 Å². The molecule has 2 saturated carbocycles. The molecule has 2 saturated heterocycles. The van der Waals surface area contributed by atoms with Gasteiger partial charge in [0.05, 0.1) is 36.6 Å². The van der Waals surface area contributed by atoms with Gasteiger partial charge in [-0.25, -0.2) is 0 Å². The lowest BCUT2D eigenvalue weighted by Crippen LogP contribution is -2.22. The van der Waals surface area contributed by atoms with Crippen molar-refractivity contribution in [3.8, 4) is 0 Å². The van der Waals surface area contributed by atoms with Crippen molar-refractivity contribution in [2.75, 3.05) is 0 Å². The molecule has 0 amide bonds. The molecule has 5 nitrogen and oxygen atoms in total. The fourth-order valence-corrected chi connectivity index (χ4v) is 4.28. The highest BCUT2D eigenvalue weighted by molar-refractivity contribution is 7.33. The number of hydrogen-bond acceptors (Lipinski definition) is 5. The van der Waals surface area contributed by atoms with Crippen LogP contribution < -0.4 is 0 Å². The van der Waals surface area contributed by atoms with Gasteiger partial charge in [0.25, 0.3) is 0 Å². The van der Waals surface area contributed by atoms with Crippen molar-refractivity contribution in [2.45, 2.75) is 75.1 Å². The lowest BCUT2D eigenvalue weighted by Gasteiger charge is -2.22. The summed E-state index contributed by atoms with van der Waals surface area (Å²) in [6, 6.07) is 0. The van der Waals surface area contributed by atoms with E-state index in [9.17, 15) is 4.57 Å². The number of rotatable bonds is 4. The summed E-state index contributed by atoms with van der Waals surface area (Å²) in [6.45, 7) is 0. The Labute approximate surface area is 107 Å². The average molecular weight is 274 g/mol. The van der Waals surface area contributed by atoms with Crippen molar-refractivity contribution in [3.05, 3.63) is 0 Å². The second-order valence-corrected chi connectivity index (χ2v) is 6.75. The van der Waals surface area contributed by atoms with Gasteiger partial charge in [0.1, 0.15) is 0 Å². The number of ether oxygens (including phenoxy) is 2. The van der Waals surface area contributed by atoms with E-state index in [1.54, 1.807) is 0 Å². The van der Waals surface area contributed by atoms with E-state index in [4.69, 9.17) is 18.5 Å². The highest BCUT2D eigenvalue weighted by atomic mass is 31.1. The van der Waals surface area contributed by atoms with E-state index < -0.39 is 8.25 Å². The predicted molar refractivity (Wildman–Crippen MR) is 63.8 cm³/mol. The minimum atomic E-state index is -2.36. The Morgan fingerprint density at radius 1 is 0.778 bits per heavy atom. The monoisotopic (exact) mass is 274 g/mol. The van der Waals surface area contributed by atoms with Gasteiger partial charge in [0.15, 0.2) is 0 Å². The normalized spacial score (nSPS) is 51.1. The smallest absolute Gasteiger partial charge is 0.319 e. The van der Waals surface area contributed by atoms with Crippen LogP contribution in [0, 0.1) is 0 Å². The zero-order chi connectivity index (χ0) is 12.1. The van der Waals surface area contributed by atoms with Gasteiger partial charge in [-0.3, -0.25) is 4.57 Å². The average Bonchev–Trinajstić information content (AvgIpc) is 3.22. The second-order valence-electron chi connectivity index (χ2n) is 5.78. The molecule has 4 rings (SSSR count). The van der Waals surface area contributed by atoms with E-state index in [-0.39, 0.29) is 12.2 Å². The molecule has 0 spiro atoms. The van der Waals surface area contributed by atoms with Crippen LogP contribution in [-0.2, 0) is 23.1 Å². The molecule has 2 heterocycles. The summed E-state index contributed by atoms with van der Waals surface area (Å²) in [5.74, 6) is 0. The van der Waals surface area contributed by atoms with Crippen LogP contribution in [-0.4, -0.2) is 36.6 Å². The predicted octanol–water partition coefficient (Wildman–Crippen LogP) is 2.05. The molecular formula is C12H19O5P. The van der Waals surface area contributed by atoms with E-state index in [0.717, 1.165) is 38.5 Å². The Kier molecular flexibility index (Phi) is 3.01. The molecule has 0 aromatic rings. The molecule has 0 radical (unpaired) electrons. The van der Waals surface area contributed by atoms with E-state index in [1.165, 1.54) is 0 Å². The molecule has 0 N–H and O–H groups in total. The quantitative estimate of drug-likeness (QED) is 0.580. The van der Waals surface area contributed by atoms with E-state index in [0.29, 0.717) is 24.4 Å². The zero-order valence-corrected chi connectivity index (χ0v) is 11.2. The summed E-state index contributed by atoms with van der Waals surface area (Å²) in [6.07, 6.45) is 7.46. The van der Waals surface area contributed by atoms with Crippen LogP contribution in [0.4, 0.5) is 0 Å². The highest BCUT2D eigenvalue weighted by Crippen LogP contribution is 2.44. The molecule has 18 heavy (non-hydrogen) atoms. The Morgan fingerprint density at radius 3 is 1.72 bits per heavy atom. The minimum Gasteiger partial charge on any atom is -0.369 e. The van der Waals surface area contributed by atoms with Crippen molar-refractivity contribution in [3.63, 3.8) is 0 Å². The van der Waals surface area contributed by atoms with E-state index in [2.05, 4.69) is 0 Å². The van der Waals surface area contributed by atoms with Crippen molar-refractivity contribution >= 4 is 8.25 Å². The Balaban J connectivity index is 1.23. The molecule has 2 aliphatic heterocycles. The van der Waals surface area contributed by atoms with E-state index >= 15 is 0 Å². The van der Waals surface area contributed by atoms with Gasteiger partial charge in [-0.05, 0) is 25.7 Å².